The van der Waals surface area contributed by atoms with Crippen molar-refractivity contribution < 1.29 is 8.78 Å². The van der Waals surface area contributed by atoms with E-state index >= 15 is 0 Å². The number of hydrogen-bond donors (Lipinski definition) is 1. The Morgan fingerprint density at radius 3 is 2.69 bits per heavy atom. The lowest BCUT2D eigenvalue weighted by Gasteiger charge is -2.19. The molecule has 86 valence electrons. The van der Waals surface area contributed by atoms with Crippen LogP contribution in [0.15, 0.2) is 24.3 Å². The van der Waals surface area contributed by atoms with Crippen molar-refractivity contribution in [3.63, 3.8) is 0 Å². The van der Waals surface area contributed by atoms with E-state index in [9.17, 15) is 8.78 Å². The van der Waals surface area contributed by atoms with Crippen molar-refractivity contribution in [2.75, 3.05) is 13.1 Å². The van der Waals surface area contributed by atoms with Crippen LogP contribution in [0.3, 0.4) is 0 Å². The molecule has 1 N–H and O–H groups in total. The van der Waals surface area contributed by atoms with E-state index in [-0.39, 0.29) is 5.82 Å². The second-order valence-electron chi connectivity index (χ2n) is 4.11. The Hall–Kier alpha value is -1.22. The van der Waals surface area contributed by atoms with Gasteiger partial charge in [0.05, 0.1) is 0 Å². The second kappa shape index (κ2) is 5.21. The average Bonchev–Trinajstić information content (AvgIpc) is 2.32. The summed E-state index contributed by atoms with van der Waals surface area (Å²) >= 11 is 0. The van der Waals surface area contributed by atoms with E-state index in [4.69, 9.17) is 0 Å². The van der Waals surface area contributed by atoms with Crippen LogP contribution in [0.2, 0.25) is 0 Å². The van der Waals surface area contributed by atoms with Crippen LogP contribution in [0.4, 0.5) is 8.78 Å². The predicted octanol–water partition coefficient (Wildman–Crippen LogP) is 2.98. The first kappa shape index (κ1) is 11.3. The highest BCUT2D eigenvalue weighted by Crippen LogP contribution is 2.17. The summed E-state index contributed by atoms with van der Waals surface area (Å²) < 4.78 is 26.2. The molecule has 0 bridgehead atoms. The molecule has 0 saturated carbocycles. The van der Waals surface area contributed by atoms with Crippen molar-refractivity contribution in [1.29, 1.82) is 0 Å². The van der Waals surface area contributed by atoms with Gasteiger partial charge in [0.1, 0.15) is 11.6 Å². The Bertz CT molecular complexity index is 382. The van der Waals surface area contributed by atoms with Crippen LogP contribution in [-0.2, 0) is 0 Å². The molecule has 0 spiro atoms. The number of nitrogens with one attached hydrogen (secondary N) is 1. The molecule has 1 fully saturated rings. The van der Waals surface area contributed by atoms with Crippen molar-refractivity contribution in [3.05, 3.63) is 41.5 Å². The van der Waals surface area contributed by atoms with E-state index in [1.165, 1.54) is 6.07 Å². The summed E-state index contributed by atoms with van der Waals surface area (Å²) in [7, 11) is 0. The molecule has 1 heterocycles. The fourth-order valence-electron chi connectivity index (χ4n) is 1.92. The number of hydrogen-bond acceptors (Lipinski definition) is 1. The average molecular weight is 223 g/mol. The standard InChI is InChI=1S/C13H15F2N/c14-12-3-4-13(15)11(9-12)2-1-10-5-7-16-8-6-10/h1-4,9-10,16H,5-8H2/b2-1+. The van der Waals surface area contributed by atoms with Crippen LogP contribution >= 0.6 is 0 Å². The van der Waals surface area contributed by atoms with Gasteiger partial charge in [0.2, 0.25) is 0 Å². The van der Waals surface area contributed by atoms with Crippen LogP contribution in [0, 0.1) is 17.6 Å². The molecule has 0 aliphatic carbocycles. The molecule has 1 aromatic carbocycles. The van der Waals surface area contributed by atoms with Crippen molar-refractivity contribution in [3.8, 4) is 0 Å². The topological polar surface area (TPSA) is 12.0 Å². The first-order chi connectivity index (χ1) is 7.75. The van der Waals surface area contributed by atoms with Crippen LogP contribution in [0.1, 0.15) is 18.4 Å². The van der Waals surface area contributed by atoms with Gasteiger partial charge in [0.25, 0.3) is 0 Å². The normalized spacial score (nSPS) is 18.1. The Labute approximate surface area is 94.2 Å². The fraction of sp³-hybridized carbons (Fsp3) is 0.385. The lowest BCUT2D eigenvalue weighted by Crippen LogP contribution is -2.26. The Balaban J connectivity index is 2.07. The van der Waals surface area contributed by atoms with Gasteiger partial charge in [-0.3, -0.25) is 0 Å². The van der Waals surface area contributed by atoms with Gasteiger partial charge >= 0.3 is 0 Å². The zero-order chi connectivity index (χ0) is 11.4. The quantitative estimate of drug-likeness (QED) is 0.812. The highest BCUT2D eigenvalue weighted by Gasteiger charge is 2.09. The Morgan fingerprint density at radius 1 is 1.19 bits per heavy atom. The third-order valence-electron chi connectivity index (χ3n) is 2.89. The number of rotatable bonds is 2. The maximum atomic E-state index is 13.3. The molecule has 0 radical (unpaired) electrons. The lowest BCUT2D eigenvalue weighted by molar-refractivity contribution is 0.437. The minimum absolute atomic E-state index is 0.332. The fourth-order valence-corrected chi connectivity index (χ4v) is 1.92. The second-order valence-corrected chi connectivity index (χ2v) is 4.11. The van der Waals surface area contributed by atoms with Gasteiger partial charge in [-0.1, -0.05) is 12.2 Å². The van der Waals surface area contributed by atoms with Crippen LogP contribution in [-0.4, -0.2) is 13.1 Å². The summed E-state index contributed by atoms with van der Waals surface area (Å²) in [6, 6.07) is 3.53. The minimum atomic E-state index is -0.397. The van der Waals surface area contributed by atoms with Gasteiger partial charge in [-0.25, -0.2) is 8.78 Å². The van der Waals surface area contributed by atoms with E-state index in [0.717, 1.165) is 38.1 Å². The number of halogens is 2. The highest BCUT2D eigenvalue weighted by molar-refractivity contribution is 5.50. The van der Waals surface area contributed by atoms with Gasteiger partial charge in [-0.05, 0) is 50.0 Å². The van der Waals surface area contributed by atoms with E-state index in [2.05, 4.69) is 5.32 Å². The maximum Gasteiger partial charge on any atom is 0.130 e. The molecule has 1 aromatic rings. The maximum absolute atomic E-state index is 13.3. The highest BCUT2D eigenvalue weighted by atomic mass is 19.1. The molecule has 1 aliphatic heterocycles. The molecule has 0 aromatic heterocycles. The smallest absolute Gasteiger partial charge is 0.130 e. The molecule has 16 heavy (non-hydrogen) atoms. The monoisotopic (exact) mass is 223 g/mol. The summed E-state index contributed by atoms with van der Waals surface area (Å²) in [6.45, 7) is 2.00. The summed E-state index contributed by atoms with van der Waals surface area (Å²) in [4.78, 5) is 0. The summed E-state index contributed by atoms with van der Waals surface area (Å²) in [5.74, 6) is -0.290. The number of benzene rings is 1. The minimum Gasteiger partial charge on any atom is -0.317 e. The summed E-state index contributed by atoms with van der Waals surface area (Å²) in [5, 5.41) is 3.27. The van der Waals surface area contributed by atoms with Crippen LogP contribution in [0.5, 0.6) is 0 Å². The van der Waals surface area contributed by atoms with E-state index in [1.807, 2.05) is 6.08 Å². The van der Waals surface area contributed by atoms with Gasteiger partial charge in [0, 0.05) is 5.56 Å². The summed E-state index contributed by atoms with van der Waals surface area (Å²) in [6.07, 6.45) is 5.80. The first-order valence-electron chi connectivity index (χ1n) is 5.59. The van der Waals surface area contributed by atoms with E-state index in [1.54, 1.807) is 6.08 Å². The van der Waals surface area contributed by atoms with Gasteiger partial charge < -0.3 is 5.32 Å². The van der Waals surface area contributed by atoms with Gasteiger partial charge in [-0.2, -0.15) is 0 Å². The van der Waals surface area contributed by atoms with Crippen molar-refractivity contribution >= 4 is 6.08 Å². The Morgan fingerprint density at radius 2 is 1.94 bits per heavy atom. The predicted molar refractivity (Wildman–Crippen MR) is 61.0 cm³/mol. The third kappa shape index (κ3) is 2.89. The first-order valence-corrected chi connectivity index (χ1v) is 5.59. The van der Waals surface area contributed by atoms with Gasteiger partial charge in [-0.15, -0.1) is 0 Å². The largest absolute Gasteiger partial charge is 0.317 e. The molecular weight excluding hydrogens is 208 g/mol. The molecular formula is C13H15F2N. The molecule has 2 rings (SSSR count). The molecule has 3 heteroatoms. The zero-order valence-corrected chi connectivity index (χ0v) is 9.05. The third-order valence-corrected chi connectivity index (χ3v) is 2.89. The van der Waals surface area contributed by atoms with Crippen molar-refractivity contribution in [1.82, 2.24) is 5.32 Å². The van der Waals surface area contributed by atoms with Crippen molar-refractivity contribution in [2.24, 2.45) is 5.92 Å². The Kier molecular flexibility index (Phi) is 3.67. The van der Waals surface area contributed by atoms with Crippen molar-refractivity contribution in [2.45, 2.75) is 12.8 Å². The number of allylic oxidation sites excluding steroid dienone is 1. The van der Waals surface area contributed by atoms with Crippen LogP contribution < -0.4 is 5.32 Å². The molecule has 1 saturated heterocycles. The molecule has 1 nitrogen and oxygen atoms in total. The molecule has 0 unspecified atom stereocenters. The SMILES string of the molecule is Fc1ccc(F)c(/C=C/C2CCNCC2)c1. The lowest BCUT2D eigenvalue weighted by atomic mass is 9.97. The van der Waals surface area contributed by atoms with E-state index in [0.29, 0.717) is 11.5 Å². The summed E-state index contributed by atoms with van der Waals surface area (Å²) in [5.41, 5.74) is 0.332. The van der Waals surface area contributed by atoms with Gasteiger partial charge in [0.15, 0.2) is 0 Å². The molecule has 0 atom stereocenters. The molecule has 0 amide bonds. The molecule has 1 aliphatic rings. The number of piperidine rings is 1. The van der Waals surface area contributed by atoms with Crippen LogP contribution in [0.25, 0.3) is 6.08 Å². The van der Waals surface area contributed by atoms with E-state index < -0.39 is 5.82 Å². The zero-order valence-electron chi connectivity index (χ0n) is 9.05.